The summed E-state index contributed by atoms with van der Waals surface area (Å²) >= 11 is 0. The largest absolute Gasteiger partial charge is 0.506 e. The van der Waals surface area contributed by atoms with Gasteiger partial charge in [-0.1, -0.05) is 18.2 Å². The molecule has 7 heteroatoms. The summed E-state index contributed by atoms with van der Waals surface area (Å²) < 4.78 is 0. The van der Waals surface area contributed by atoms with Crippen LogP contribution in [0.2, 0.25) is 0 Å². The third kappa shape index (κ3) is 5.07. The van der Waals surface area contributed by atoms with Crippen LogP contribution in [0.25, 0.3) is 0 Å². The molecule has 130 valence electrons. The second kappa shape index (κ2) is 7.96. The second-order valence-corrected chi connectivity index (χ2v) is 5.44. The third-order valence-corrected chi connectivity index (χ3v) is 3.49. The molecule has 0 saturated heterocycles. The number of carbonyl (C=O) groups is 3. The Kier molecular flexibility index (Phi) is 5.73. The van der Waals surface area contributed by atoms with Crippen LogP contribution in [-0.2, 0) is 9.59 Å². The summed E-state index contributed by atoms with van der Waals surface area (Å²) in [5.74, 6) is -2.10. The van der Waals surface area contributed by atoms with Gasteiger partial charge in [-0.25, -0.2) is 0 Å². The van der Waals surface area contributed by atoms with Crippen molar-refractivity contribution < 1.29 is 24.6 Å². The van der Waals surface area contributed by atoms with Gasteiger partial charge in [-0.3, -0.25) is 14.4 Å². The highest BCUT2D eigenvalue weighted by molar-refractivity contribution is 6.06. The van der Waals surface area contributed by atoms with Crippen LogP contribution < -0.4 is 10.6 Å². The highest BCUT2D eigenvalue weighted by atomic mass is 16.4. The van der Waals surface area contributed by atoms with E-state index in [1.165, 1.54) is 18.2 Å². The number of carboxylic acids is 1. The first kappa shape index (κ1) is 18.0. The predicted molar refractivity (Wildman–Crippen MR) is 92.7 cm³/mol. The van der Waals surface area contributed by atoms with Gasteiger partial charge >= 0.3 is 5.97 Å². The SMILES string of the molecule is Cc1ccccc1C(=O)Nc1ccc(NC(=O)CCC(=O)O)cc1O. The van der Waals surface area contributed by atoms with E-state index < -0.39 is 11.9 Å². The fourth-order valence-electron chi connectivity index (χ4n) is 2.18. The van der Waals surface area contributed by atoms with Crippen LogP contribution in [0, 0.1) is 6.92 Å². The van der Waals surface area contributed by atoms with Gasteiger partial charge in [-0.05, 0) is 30.7 Å². The zero-order valence-electron chi connectivity index (χ0n) is 13.6. The Bertz CT molecular complexity index is 817. The summed E-state index contributed by atoms with van der Waals surface area (Å²) in [7, 11) is 0. The molecule has 25 heavy (non-hydrogen) atoms. The minimum absolute atomic E-state index is 0.165. The molecule has 2 aromatic rings. The highest BCUT2D eigenvalue weighted by Crippen LogP contribution is 2.27. The van der Waals surface area contributed by atoms with Crippen LogP contribution in [0.5, 0.6) is 5.75 Å². The first-order valence-electron chi connectivity index (χ1n) is 7.58. The van der Waals surface area contributed by atoms with Crippen LogP contribution in [0.15, 0.2) is 42.5 Å². The van der Waals surface area contributed by atoms with Crippen LogP contribution in [-0.4, -0.2) is 28.0 Å². The van der Waals surface area contributed by atoms with Crippen molar-refractivity contribution in [3.05, 3.63) is 53.6 Å². The first-order chi connectivity index (χ1) is 11.9. The molecule has 0 spiro atoms. The van der Waals surface area contributed by atoms with Crippen LogP contribution in [0.3, 0.4) is 0 Å². The van der Waals surface area contributed by atoms with E-state index in [1.807, 2.05) is 19.1 Å². The molecule has 0 atom stereocenters. The van der Waals surface area contributed by atoms with Crippen molar-refractivity contribution in [1.29, 1.82) is 0 Å². The van der Waals surface area contributed by atoms with Gasteiger partial charge in [0.15, 0.2) is 0 Å². The minimum Gasteiger partial charge on any atom is -0.506 e. The van der Waals surface area contributed by atoms with Gasteiger partial charge in [0.2, 0.25) is 5.91 Å². The van der Waals surface area contributed by atoms with Crippen molar-refractivity contribution in [3.63, 3.8) is 0 Å². The number of phenolic OH excluding ortho intramolecular Hbond substituents is 1. The quantitative estimate of drug-likeness (QED) is 0.603. The number of aliphatic carboxylic acids is 1. The summed E-state index contributed by atoms with van der Waals surface area (Å²) in [5.41, 5.74) is 1.81. The Balaban J connectivity index is 2.04. The van der Waals surface area contributed by atoms with Gasteiger partial charge in [-0.2, -0.15) is 0 Å². The van der Waals surface area contributed by atoms with Gasteiger partial charge in [0.05, 0.1) is 12.1 Å². The number of phenols is 1. The first-order valence-corrected chi connectivity index (χ1v) is 7.58. The monoisotopic (exact) mass is 342 g/mol. The normalized spacial score (nSPS) is 10.1. The number of hydrogen-bond acceptors (Lipinski definition) is 4. The second-order valence-electron chi connectivity index (χ2n) is 5.44. The van der Waals surface area contributed by atoms with E-state index in [-0.39, 0.29) is 30.2 Å². The Morgan fingerprint density at radius 2 is 1.72 bits per heavy atom. The number of benzene rings is 2. The molecular weight excluding hydrogens is 324 g/mol. The molecule has 0 aromatic heterocycles. The maximum absolute atomic E-state index is 12.3. The molecule has 0 aliphatic carbocycles. The molecule has 0 radical (unpaired) electrons. The molecule has 0 fully saturated rings. The van der Waals surface area contributed by atoms with Crippen molar-refractivity contribution in [1.82, 2.24) is 0 Å². The number of aromatic hydroxyl groups is 1. The van der Waals surface area contributed by atoms with Crippen molar-refractivity contribution in [2.75, 3.05) is 10.6 Å². The van der Waals surface area contributed by atoms with E-state index in [0.29, 0.717) is 11.3 Å². The summed E-state index contributed by atoms with van der Waals surface area (Å²) in [5, 5.41) is 23.7. The smallest absolute Gasteiger partial charge is 0.303 e. The molecular formula is C18H18N2O5. The average molecular weight is 342 g/mol. The molecule has 0 aliphatic rings. The lowest BCUT2D eigenvalue weighted by Crippen LogP contribution is -2.14. The predicted octanol–water partition coefficient (Wildman–Crippen LogP) is 2.76. The maximum atomic E-state index is 12.3. The number of carboxylic acid groups (broad SMARTS) is 1. The Hall–Kier alpha value is -3.35. The molecule has 0 bridgehead atoms. The van der Waals surface area contributed by atoms with E-state index in [2.05, 4.69) is 10.6 Å². The zero-order chi connectivity index (χ0) is 18.4. The van der Waals surface area contributed by atoms with Gasteiger partial charge in [0.25, 0.3) is 5.91 Å². The summed E-state index contributed by atoms with van der Waals surface area (Å²) in [4.78, 5) is 34.3. The lowest BCUT2D eigenvalue weighted by atomic mass is 10.1. The van der Waals surface area contributed by atoms with E-state index in [4.69, 9.17) is 5.11 Å². The van der Waals surface area contributed by atoms with Crippen LogP contribution >= 0.6 is 0 Å². The van der Waals surface area contributed by atoms with E-state index >= 15 is 0 Å². The number of amides is 2. The number of anilines is 2. The lowest BCUT2D eigenvalue weighted by Gasteiger charge is -2.11. The van der Waals surface area contributed by atoms with Gasteiger partial charge < -0.3 is 20.8 Å². The van der Waals surface area contributed by atoms with Crippen molar-refractivity contribution in [3.8, 4) is 5.75 Å². The van der Waals surface area contributed by atoms with Crippen LogP contribution in [0.1, 0.15) is 28.8 Å². The Labute approximate surface area is 144 Å². The van der Waals surface area contributed by atoms with Crippen LogP contribution in [0.4, 0.5) is 11.4 Å². The fourth-order valence-corrected chi connectivity index (χ4v) is 2.18. The number of hydrogen-bond donors (Lipinski definition) is 4. The number of carbonyl (C=O) groups excluding carboxylic acids is 2. The molecule has 0 saturated carbocycles. The maximum Gasteiger partial charge on any atom is 0.303 e. The Morgan fingerprint density at radius 1 is 1.00 bits per heavy atom. The summed E-state index contributed by atoms with van der Waals surface area (Å²) in [6, 6.07) is 11.3. The topological polar surface area (TPSA) is 116 Å². The van der Waals surface area contributed by atoms with Crippen molar-refractivity contribution in [2.45, 2.75) is 19.8 Å². The Morgan fingerprint density at radius 3 is 2.36 bits per heavy atom. The fraction of sp³-hybridized carbons (Fsp3) is 0.167. The van der Waals surface area contributed by atoms with Gasteiger partial charge in [-0.15, -0.1) is 0 Å². The molecule has 7 nitrogen and oxygen atoms in total. The number of rotatable bonds is 6. The summed E-state index contributed by atoms with van der Waals surface area (Å²) in [6.45, 7) is 1.81. The molecule has 0 unspecified atom stereocenters. The zero-order valence-corrected chi connectivity index (χ0v) is 13.6. The van der Waals surface area contributed by atoms with E-state index in [9.17, 15) is 19.5 Å². The standard InChI is InChI=1S/C18H18N2O5/c1-11-4-2-3-5-13(11)18(25)20-14-7-6-12(10-15(14)21)19-16(22)8-9-17(23)24/h2-7,10,21H,8-9H2,1H3,(H,19,22)(H,20,25)(H,23,24). The lowest BCUT2D eigenvalue weighted by molar-refractivity contribution is -0.138. The molecule has 2 rings (SSSR count). The molecule has 2 aromatic carbocycles. The van der Waals surface area contributed by atoms with Gasteiger partial charge in [0.1, 0.15) is 5.75 Å². The molecule has 4 N–H and O–H groups in total. The molecule has 0 heterocycles. The van der Waals surface area contributed by atoms with Crippen molar-refractivity contribution >= 4 is 29.2 Å². The third-order valence-electron chi connectivity index (χ3n) is 3.49. The van der Waals surface area contributed by atoms with Gasteiger partial charge in [0, 0.05) is 23.7 Å². The highest BCUT2D eigenvalue weighted by Gasteiger charge is 2.12. The van der Waals surface area contributed by atoms with E-state index in [0.717, 1.165) is 5.56 Å². The average Bonchev–Trinajstić information content (AvgIpc) is 2.56. The molecule has 0 aliphatic heterocycles. The van der Waals surface area contributed by atoms with Crippen molar-refractivity contribution in [2.24, 2.45) is 0 Å². The summed E-state index contributed by atoms with van der Waals surface area (Å²) in [6.07, 6.45) is -0.440. The number of aryl methyl sites for hydroxylation is 1. The van der Waals surface area contributed by atoms with E-state index in [1.54, 1.807) is 12.1 Å². The molecule has 2 amide bonds. The minimum atomic E-state index is -1.06. The number of nitrogens with one attached hydrogen (secondary N) is 2.